The van der Waals surface area contributed by atoms with Crippen LogP contribution in [0.3, 0.4) is 0 Å². The first-order valence-electron chi connectivity index (χ1n) is 5.43. The molecule has 1 fully saturated rings. The number of aliphatic hydroxyl groups is 1. The number of aliphatic hydroxyl groups excluding tert-OH is 1. The Labute approximate surface area is 94.5 Å². The lowest BCUT2D eigenvalue weighted by molar-refractivity contribution is 0.110. The molecule has 15 heavy (non-hydrogen) atoms. The van der Waals surface area contributed by atoms with Crippen molar-refractivity contribution in [2.75, 3.05) is 13.1 Å². The first-order chi connectivity index (χ1) is 7.29. The Balaban J connectivity index is 1.88. The van der Waals surface area contributed by atoms with Gasteiger partial charge in [-0.2, -0.15) is 11.3 Å². The molecule has 0 saturated heterocycles. The number of thiophene rings is 1. The van der Waals surface area contributed by atoms with Crippen molar-refractivity contribution in [1.82, 2.24) is 4.90 Å². The molecule has 0 amide bonds. The van der Waals surface area contributed by atoms with E-state index >= 15 is 0 Å². The topological polar surface area (TPSA) is 49.5 Å². The molecule has 0 aliphatic heterocycles. The molecule has 0 bridgehead atoms. The van der Waals surface area contributed by atoms with Gasteiger partial charge in [-0.15, -0.1) is 0 Å². The zero-order chi connectivity index (χ0) is 10.7. The number of hydrogen-bond donors (Lipinski definition) is 2. The Morgan fingerprint density at radius 1 is 1.60 bits per heavy atom. The summed E-state index contributed by atoms with van der Waals surface area (Å²) in [5, 5.41) is 13.8. The zero-order valence-corrected chi connectivity index (χ0v) is 9.62. The third kappa shape index (κ3) is 3.28. The first-order valence-corrected chi connectivity index (χ1v) is 6.37. The van der Waals surface area contributed by atoms with Gasteiger partial charge in [-0.1, -0.05) is 0 Å². The van der Waals surface area contributed by atoms with E-state index in [1.54, 1.807) is 11.3 Å². The van der Waals surface area contributed by atoms with E-state index in [2.05, 4.69) is 21.7 Å². The Hall–Kier alpha value is -0.420. The van der Waals surface area contributed by atoms with Gasteiger partial charge in [-0.3, -0.25) is 4.90 Å². The van der Waals surface area contributed by atoms with Crippen molar-refractivity contribution in [3.63, 3.8) is 0 Å². The molecule has 1 aromatic heterocycles. The van der Waals surface area contributed by atoms with E-state index < -0.39 is 0 Å². The van der Waals surface area contributed by atoms with E-state index in [-0.39, 0.29) is 6.10 Å². The second-order valence-corrected chi connectivity index (χ2v) is 4.96. The van der Waals surface area contributed by atoms with E-state index in [1.807, 2.05) is 0 Å². The lowest BCUT2D eigenvalue weighted by Crippen LogP contribution is -2.37. The van der Waals surface area contributed by atoms with Gasteiger partial charge >= 0.3 is 0 Å². The van der Waals surface area contributed by atoms with E-state index in [0.717, 1.165) is 6.54 Å². The molecule has 1 heterocycles. The number of nitrogens with two attached hydrogens (primary N) is 1. The zero-order valence-electron chi connectivity index (χ0n) is 8.80. The SMILES string of the molecule is NCC(O)CN(Cc1ccsc1)C1CC1. The van der Waals surface area contributed by atoms with E-state index in [1.165, 1.54) is 18.4 Å². The summed E-state index contributed by atoms with van der Waals surface area (Å²) >= 11 is 1.72. The number of rotatable bonds is 6. The average Bonchev–Trinajstić information content (AvgIpc) is 2.97. The summed E-state index contributed by atoms with van der Waals surface area (Å²) in [7, 11) is 0. The van der Waals surface area contributed by atoms with E-state index in [9.17, 15) is 5.11 Å². The first kappa shape index (κ1) is 11.1. The summed E-state index contributed by atoms with van der Waals surface area (Å²) < 4.78 is 0. The van der Waals surface area contributed by atoms with Crippen molar-refractivity contribution in [1.29, 1.82) is 0 Å². The standard InChI is InChI=1S/C11H18N2OS/c12-5-11(14)7-13(10-1-2-10)6-9-3-4-15-8-9/h3-4,8,10-11,14H,1-2,5-7,12H2. The van der Waals surface area contributed by atoms with Crippen LogP contribution in [0.5, 0.6) is 0 Å². The predicted molar refractivity (Wildman–Crippen MR) is 62.8 cm³/mol. The van der Waals surface area contributed by atoms with E-state index in [0.29, 0.717) is 19.1 Å². The van der Waals surface area contributed by atoms with Crippen molar-refractivity contribution in [3.05, 3.63) is 22.4 Å². The summed E-state index contributed by atoms with van der Waals surface area (Å²) in [5.41, 5.74) is 6.78. The minimum absolute atomic E-state index is 0.354. The summed E-state index contributed by atoms with van der Waals surface area (Å²) in [6.45, 7) is 2.01. The molecule has 0 spiro atoms. The van der Waals surface area contributed by atoms with Crippen molar-refractivity contribution >= 4 is 11.3 Å². The van der Waals surface area contributed by atoms with E-state index in [4.69, 9.17) is 5.73 Å². The molecule has 1 unspecified atom stereocenters. The van der Waals surface area contributed by atoms with Crippen LogP contribution in [0.4, 0.5) is 0 Å². The molecular weight excluding hydrogens is 208 g/mol. The quantitative estimate of drug-likeness (QED) is 0.762. The minimum atomic E-state index is -0.385. The van der Waals surface area contributed by atoms with Gasteiger partial charge in [0.15, 0.2) is 0 Å². The maximum absolute atomic E-state index is 9.57. The van der Waals surface area contributed by atoms with Crippen LogP contribution < -0.4 is 5.73 Å². The third-order valence-corrected chi connectivity index (χ3v) is 3.48. The molecule has 0 radical (unpaired) electrons. The highest BCUT2D eigenvalue weighted by Gasteiger charge is 2.29. The second-order valence-electron chi connectivity index (χ2n) is 4.18. The van der Waals surface area contributed by atoms with Gasteiger partial charge in [-0.05, 0) is 35.2 Å². The van der Waals surface area contributed by atoms with Crippen LogP contribution in [0.2, 0.25) is 0 Å². The molecule has 1 atom stereocenters. The van der Waals surface area contributed by atoms with Crippen LogP contribution in [0.15, 0.2) is 16.8 Å². The molecule has 3 nitrogen and oxygen atoms in total. The largest absolute Gasteiger partial charge is 0.390 e. The Kier molecular flexibility index (Phi) is 3.75. The summed E-state index contributed by atoms with van der Waals surface area (Å²) in [5.74, 6) is 0. The Bertz CT molecular complexity index is 285. The molecule has 0 aromatic carbocycles. The smallest absolute Gasteiger partial charge is 0.0789 e. The second kappa shape index (κ2) is 5.07. The molecule has 4 heteroatoms. The van der Waals surface area contributed by atoms with Gasteiger partial charge in [-0.25, -0.2) is 0 Å². The van der Waals surface area contributed by atoms with Crippen molar-refractivity contribution in [3.8, 4) is 0 Å². The van der Waals surface area contributed by atoms with Crippen LogP contribution in [0, 0.1) is 0 Å². The fraction of sp³-hybridized carbons (Fsp3) is 0.636. The van der Waals surface area contributed by atoms with Gasteiger partial charge in [0.25, 0.3) is 0 Å². The Morgan fingerprint density at radius 2 is 2.40 bits per heavy atom. The van der Waals surface area contributed by atoms with Crippen molar-refractivity contribution < 1.29 is 5.11 Å². The minimum Gasteiger partial charge on any atom is -0.390 e. The summed E-state index contributed by atoms with van der Waals surface area (Å²) in [6.07, 6.45) is 2.15. The Morgan fingerprint density at radius 3 is 2.93 bits per heavy atom. The highest BCUT2D eigenvalue weighted by molar-refractivity contribution is 7.07. The monoisotopic (exact) mass is 226 g/mol. The lowest BCUT2D eigenvalue weighted by Gasteiger charge is -2.23. The van der Waals surface area contributed by atoms with Crippen LogP contribution >= 0.6 is 11.3 Å². The van der Waals surface area contributed by atoms with Gasteiger partial charge in [0.1, 0.15) is 0 Å². The van der Waals surface area contributed by atoms with Crippen molar-refractivity contribution in [2.45, 2.75) is 31.5 Å². The van der Waals surface area contributed by atoms with Gasteiger partial charge in [0.2, 0.25) is 0 Å². The predicted octanol–water partition coefficient (Wildman–Crippen LogP) is 1.03. The van der Waals surface area contributed by atoms with Crippen LogP contribution in [-0.2, 0) is 6.54 Å². The molecule has 1 aromatic rings. The van der Waals surface area contributed by atoms with Gasteiger partial charge in [0.05, 0.1) is 6.10 Å². The van der Waals surface area contributed by atoms with Crippen LogP contribution in [0.25, 0.3) is 0 Å². The maximum atomic E-state index is 9.57. The van der Waals surface area contributed by atoms with Crippen LogP contribution in [-0.4, -0.2) is 35.2 Å². The molecule has 1 aliphatic rings. The highest BCUT2D eigenvalue weighted by Crippen LogP contribution is 2.28. The highest BCUT2D eigenvalue weighted by atomic mass is 32.1. The summed E-state index contributed by atoms with van der Waals surface area (Å²) in [6, 6.07) is 2.82. The molecule has 3 N–H and O–H groups in total. The van der Waals surface area contributed by atoms with Gasteiger partial charge in [0, 0.05) is 25.7 Å². The van der Waals surface area contributed by atoms with Gasteiger partial charge < -0.3 is 10.8 Å². The molecule has 1 aliphatic carbocycles. The molecule has 1 saturated carbocycles. The molecule has 84 valence electrons. The molecular formula is C11H18N2OS. The number of nitrogens with zero attached hydrogens (tertiary/aromatic N) is 1. The normalized spacial score (nSPS) is 18.3. The fourth-order valence-electron chi connectivity index (χ4n) is 1.74. The van der Waals surface area contributed by atoms with Crippen LogP contribution in [0.1, 0.15) is 18.4 Å². The average molecular weight is 226 g/mol. The third-order valence-electron chi connectivity index (χ3n) is 2.75. The molecule has 2 rings (SSSR count). The van der Waals surface area contributed by atoms with Crippen molar-refractivity contribution in [2.24, 2.45) is 5.73 Å². The summed E-state index contributed by atoms with van der Waals surface area (Å²) in [4.78, 5) is 2.35. The number of hydrogen-bond acceptors (Lipinski definition) is 4. The lowest BCUT2D eigenvalue weighted by atomic mass is 10.2. The fourth-order valence-corrected chi connectivity index (χ4v) is 2.40. The maximum Gasteiger partial charge on any atom is 0.0789 e.